The molecule has 1 saturated carbocycles. The van der Waals surface area contributed by atoms with Crippen molar-refractivity contribution in [2.75, 3.05) is 11.9 Å². The van der Waals surface area contributed by atoms with Gasteiger partial charge < -0.3 is 15.7 Å². The fourth-order valence-corrected chi connectivity index (χ4v) is 4.95. The molecule has 1 saturated heterocycles. The lowest BCUT2D eigenvalue weighted by Gasteiger charge is -2.22. The maximum Gasteiger partial charge on any atom is 0.407 e. The molecule has 1 unspecified atom stereocenters. The lowest BCUT2D eigenvalue weighted by Crippen LogP contribution is -2.42. The van der Waals surface area contributed by atoms with E-state index in [1.807, 2.05) is 17.5 Å². The number of hydrogen-bond acceptors (Lipinski definition) is 5. The molecule has 1 aromatic carbocycles. The summed E-state index contributed by atoms with van der Waals surface area (Å²) in [5.41, 5.74) is 2.16. The monoisotopic (exact) mass is 442 g/mol. The van der Waals surface area contributed by atoms with Crippen LogP contribution in [0.3, 0.4) is 0 Å². The molecule has 4 rings (SSSR count). The number of amides is 3. The van der Waals surface area contributed by atoms with Gasteiger partial charge in [0.2, 0.25) is 5.91 Å². The number of anilines is 1. The van der Waals surface area contributed by atoms with Crippen molar-refractivity contribution < 1.29 is 19.5 Å². The zero-order valence-corrected chi connectivity index (χ0v) is 18.0. The number of aromatic nitrogens is 1. The number of benzene rings is 1. The van der Waals surface area contributed by atoms with Crippen molar-refractivity contribution in [2.45, 2.75) is 57.0 Å². The van der Waals surface area contributed by atoms with Crippen LogP contribution in [0.25, 0.3) is 11.3 Å². The summed E-state index contributed by atoms with van der Waals surface area (Å²) in [6.45, 7) is 0.372. The Hall–Kier alpha value is -2.94. The summed E-state index contributed by atoms with van der Waals surface area (Å²) < 4.78 is 0. The summed E-state index contributed by atoms with van der Waals surface area (Å²) in [6, 6.07) is 6.86. The summed E-state index contributed by atoms with van der Waals surface area (Å²) >= 11 is 1.29. The molecule has 0 bridgehead atoms. The molecule has 164 valence electrons. The molecule has 0 radical (unpaired) electrons. The molecule has 1 aromatic heterocycles. The van der Waals surface area contributed by atoms with Crippen LogP contribution in [-0.2, 0) is 4.79 Å². The zero-order valence-electron chi connectivity index (χ0n) is 17.2. The highest BCUT2D eigenvalue weighted by Crippen LogP contribution is 2.27. The first-order valence-corrected chi connectivity index (χ1v) is 11.6. The summed E-state index contributed by atoms with van der Waals surface area (Å²) in [5.74, 6) is -0.403. The second-order valence-corrected chi connectivity index (χ2v) is 8.90. The normalized spacial score (nSPS) is 19.2. The first-order chi connectivity index (χ1) is 15.0. The molecule has 31 heavy (non-hydrogen) atoms. The van der Waals surface area contributed by atoms with E-state index in [1.165, 1.54) is 35.5 Å². The van der Waals surface area contributed by atoms with Gasteiger partial charge in [0.05, 0.1) is 5.69 Å². The lowest BCUT2D eigenvalue weighted by molar-refractivity contribution is -0.119. The minimum Gasteiger partial charge on any atom is -0.465 e. The van der Waals surface area contributed by atoms with Crippen molar-refractivity contribution in [3.8, 4) is 11.3 Å². The zero-order chi connectivity index (χ0) is 21.8. The average Bonchev–Trinajstić information content (AvgIpc) is 3.44. The van der Waals surface area contributed by atoms with E-state index in [9.17, 15) is 19.5 Å². The molecule has 1 atom stereocenters. The minimum atomic E-state index is -1.08. The fourth-order valence-electron chi connectivity index (χ4n) is 4.23. The summed E-state index contributed by atoms with van der Waals surface area (Å²) in [7, 11) is 0. The van der Waals surface area contributed by atoms with E-state index in [-0.39, 0.29) is 17.9 Å². The van der Waals surface area contributed by atoms with Crippen LogP contribution in [0.15, 0.2) is 29.6 Å². The van der Waals surface area contributed by atoms with Crippen LogP contribution in [0.5, 0.6) is 0 Å². The van der Waals surface area contributed by atoms with E-state index >= 15 is 0 Å². The summed E-state index contributed by atoms with van der Waals surface area (Å²) in [6.07, 6.45) is 5.78. The Morgan fingerprint density at radius 2 is 1.77 bits per heavy atom. The topological polar surface area (TPSA) is 112 Å². The SMILES string of the molecule is O=C(NC1CCCCC1)c1ccc(-c2csc(NC(=O)C3CCCN3C(=O)O)n2)cc1. The van der Waals surface area contributed by atoms with Crippen molar-refractivity contribution in [3.63, 3.8) is 0 Å². The first-order valence-electron chi connectivity index (χ1n) is 10.7. The molecule has 0 spiro atoms. The Balaban J connectivity index is 1.37. The second kappa shape index (κ2) is 9.47. The molecule has 3 amide bonds. The van der Waals surface area contributed by atoms with Gasteiger partial charge >= 0.3 is 6.09 Å². The van der Waals surface area contributed by atoms with Gasteiger partial charge in [-0.25, -0.2) is 9.78 Å². The number of rotatable bonds is 5. The lowest BCUT2D eigenvalue weighted by atomic mass is 9.95. The molecule has 1 aliphatic carbocycles. The van der Waals surface area contributed by atoms with Gasteiger partial charge in [0.25, 0.3) is 5.91 Å². The molecule has 8 nitrogen and oxygen atoms in total. The predicted molar refractivity (Wildman–Crippen MR) is 118 cm³/mol. The molecular weight excluding hydrogens is 416 g/mol. The van der Waals surface area contributed by atoms with Crippen LogP contribution in [0, 0.1) is 0 Å². The van der Waals surface area contributed by atoms with E-state index in [2.05, 4.69) is 15.6 Å². The number of hydrogen-bond donors (Lipinski definition) is 3. The van der Waals surface area contributed by atoms with Crippen molar-refractivity contribution >= 4 is 34.4 Å². The van der Waals surface area contributed by atoms with Crippen LogP contribution in [0.2, 0.25) is 0 Å². The Morgan fingerprint density at radius 1 is 1.03 bits per heavy atom. The summed E-state index contributed by atoms with van der Waals surface area (Å²) in [4.78, 5) is 41.8. The van der Waals surface area contributed by atoms with Gasteiger partial charge in [0.1, 0.15) is 6.04 Å². The third kappa shape index (κ3) is 5.04. The number of nitrogens with one attached hydrogen (secondary N) is 2. The first kappa shape index (κ1) is 21.3. The Labute approximate surface area is 184 Å². The summed E-state index contributed by atoms with van der Waals surface area (Å²) in [5, 5.41) is 17.3. The standard InChI is InChI=1S/C22H26N4O4S/c27-19(23-16-5-2-1-3-6-16)15-10-8-14(9-11-15)17-13-31-21(24-17)25-20(28)18-7-4-12-26(18)22(29)30/h8-11,13,16,18H,1-7,12H2,(H,23,27)(H,29,30)(H,24,25,28). The van der Waals surface area contributed by atoms with Gasteiger partial charge in [-0.15, -0.1) is 11.3 Å². The molecule has 1 aliphatic heterocycles. The number of carbonyl (C=O) groups excluding carboxylic acids is 2. The Kier molecular flexibility index (Phi) is 6.50. The molecule has 2 heterocycles. The van der Waals surface area contributed by atoms with Gasteiger partial charge in [-0.2, -0.15) is 0 Å². The largest absolute Gasteiger partial charge is 0.465 e. The van der Waals surface area contributed by atoms with E-state index in [0.29, 0.717) is 35.8 Å². The van der Waals surface area contributed by atoms with E-state index in [1.54, 1.807) is 12.1 Å². The van der Waals surface area contributed by atoms with Crippen LogP contribution in [-0.4, -0.2) is 51.5 Å². The van der Waals surface area contributed by atoms with E-state index < -0.39 is 12.1 Å². The van der Waals surface area contributed by atoms with Crippen molar-refractivity contribution in [1.82, 2.24) is 15.2 Å². The van der Waals surface area contributed by atoms with Gasteiger partial charge in [0, 0.05) is 29.1 Å². The quantitative estimate of drug-likeness (QED) is 0.649. The molecule has 9 heteroatoms. The number of carbonyl (C=O) groups is 3. The number of nitrogens with zero attached hydrogens (tertiary/aromatic N) is 2. The number of carboxylic acid groups (broad SMARTS) is 1. The van der Waals surface area contributed by atoms with Gasteiger partial charge in [0.15, 0.2) is 5.13 Å². The third-order valence-electron chi connectivity index (χ3n) is 5.92. The smallest absolute Gasteiger partial charge is 0.407 e. The van der Waals surface area contributed by atoms with Crippen molar-refractivity contribution in [2.24, 2.45) is 0 Å². The number of likely N-dealkylation sites (tertiary alicyclic amines) is 1. The van der Waals surface area contributed by atoms with Crippen LogP contribution in [0.1, 0.15) is 55.3 Å². The molecule has 2 fully saturated rings. The van der Waals surface area contributed by atoms with Gasteiger partial charge in [-0.3, -0.25) is 14.5 Å². The van der Waals surface area contributed by atoms with Gasteiger partial charge in [-0.1, -0.05) is 31.4 Å². The highest BCUT2D eigenvalue weighted by molar-refractivity contribution is 7.14. The van der Waals surface area contributed by atoms with Crippen LogP contribution in [0.4, 0.5) is 9.93 Å². The van der Waals surface area contributed by atoms with Crippen LogP contribution >= 0.6 is 11.3 Å². The van der Waals surface area contributed by atoms with Crippen molar-refractivity contribution in [1.29, 1.82) is 0 Å². The highest BCUT2D eigenvalue weighted by atomic mass is 32.1. The van der Waals surface area contributed by atoms with Gasteiger partial charge in [-0.05, 0) is 37.8 Å². The van der Waals surface area contributed by atoms with Crippen LogP contribution < -0.4 is 10.6 Å². The van der Waals surface area contributed by atoms with Crippen molar-refractivity contribution in [3.05, 3.63) is 35.2 Å². The molecule has 3 N–H and O–H groups in total. The number of thiazole rings is 1. The average molecular weight is 443 g/mol. The molecule has 2 aromatic rings. The minimum absolute atomic E-state index is 0.0516. The Morgan fingerprint density at radius 3 is 2.48 bits per heavy atom. The Bertz CT molecular complexity index is 953. The predicted octanol–water partition coefficient (Wildman–Crippen LogP) is 3.95. The van der Waals surface area contributed by atoms with E-state index in [0.717, 1.165) is 18.4 Å². The fraction of sp³-hybridized carbons (Fsp3) is 0.455. The second-order valence-electron chi connectivity index (χ2n) is 8.05. The highest BCUT2D eigenvalue weighted by Gasteiger charge is 2.34. The molecule has 2 aliphatic rings. The maximum absolute atomic E-state index is 12.5. The molecular formula is C22H26N4O4S. The third-order valence-corrected chi connectivity index (χ3v) is 6.68. The van der Waals surface area contributed by atoms with E-state index in [4.69, 9.17) is 0 Å². The maximum atomic E-state index is 12.5.